The second-order valence-corrected chi connectivity index (χ2v) is 4.76. The van der Waals surface area contributed by atoms with Gasteiger partial charge < -0.3 is 13.5 Å². The molecule has 0 bridgehead atoms. The van der Waals surface area contributed by atoms with Crippen molar-refractivity contribution in [3.63, 3.8) is 0 Å². The Morgan fingerprint density at radius 1 is 1.40 bits per heavy atom. The number of aromatic nitrogens is 5. The molecule has 0 saturated heterocycles. The van der Waals surface area contributed by atoms with Crippen molar-refractivity contribution in [3.8, 4) is 11.6 Å². The molecule has 102 valence electrons. The molecular weight excluding hydrogens is 260 g/mol. The molecule has 0 radical (unpaired) electrons. The highest BCUT2D eigenvalue weighted by Gasteiger charge is 2.30. The topological polar surface area (TPSA) is 86.0 Å². The molecule has 0 fully saturated rings. The van der Waals surface area contributed by atoms with Gasteiger partial charge in [0.2, 0.25) is 11.7 Å². The molecule has 0 aromatic carbocycles. The molecule has 0 aliphatic carbocycles. The summed E-state index contributed by atoms with van der Waals surface area (Å²) in [6, 6.07) is 3.60. The minimum absolute atomic E-state index is 0.00899. The van der Waals surface area contributed by atoms with Crippen molar-refractivity contribution in [2.45, 2.75) is 19.1 Å². The maximum Gasteiger partial charge on any atom is 0.246 e. The van der Waals surface area contributed by atoms with Crippen LogP contribution in [0.2, 0.25) is 0 Å². The summed E-state index contributed by atoms with van der Waals surface area (Å²) in [5.41, 5.74) is 0. The predicted octanol–water partition coefficient (Wildman–Crippen LogP) is 1.11. The summed E-state index contributed by atoms with van der Waals surface area (Å²) in [6.45, 7) is 1.39. The summed E-state index contributed by atoms with van der Waals surface area (Å²) in [7, 11) is 2.00. The van der Waals surface area contributed by atoms with Gasteiger partial charge in [-0.25, -0.2) is 0 Å². The van der Waals surface area contributed by atoms with Crippen LogP contribution in [-0.2, 0) is 13.1 Å². The molecule has 0 amide bonds. The van der Waals surface area contributed by atoms with Gasteiger partial charge in [0.25, 0.3) is 0 Å². The third kappa shape index (κ3) is 1.73. The van der Waals surface area contributed by atoms with Crippen molar-refractivity contribution in [2.75, 3.05) is 7.05 Å². The Labute approximate surface area is 114 Å². The molecule has 8 nitrogen and oxygen atoms in total. The summed E-state index contributed by atoms with van der Waals surface area (Å²) in [5.74, 6) is 2.57. The zero-order chi connectivity index (χ0) is 13.5. The number of likely N-dealkylation sites (N-methyl/N-ethyl adjacent to an activating group) is 1. The largest absolute Gasteiger partial charge is 0.461 e. The Balaban J connectivity index is 1.65. The number of hydrogen-bond acceptors (Lipinski definition) is 7. The molecule has 8 heteroatoms. The molecule has 0 N–H and O–H groups in total. The van der Waals surface area contributed by atoms with Crippen LogP contribution in [0.15, 0.2) is 33.7 Å². The molecular formula is C12H12N6O2. The highest BCUT2D eigenvalue weighted by molar-refractivity contribution is 5.44. The highest BCUT2D eigenvalue weighted by Crippen LogP contribution is 2.27. The van der Waals surface area contributed by atoms with Crippen LogP contribution >= 0.6 is 0 Å². The van der Waals surface area contributed by atoms with Crippen molar-refractivity contribution in [1.82, 2.24) is 29.8 Å². The van der Waals surface area contributed by atoms with E-state index >= 15 is 0 Å². The van der Waals surface area contributed by atoms with E-state index in [9.17, 15) is 0 Å². The Kier molecular flexibility index (Phi) is 2.43. The molecule has 0 spiro atoms. The lowest BCUT2D eigenvalue weighted by Crippen LogP contribution is -2.34. The normalized spacial score (nSPS) is 19.1. The quantitative estimate of drug-likeness (QED) is 0.690. The molecule has 20 heavy (non-hydrogen) atoms. The van der Waals surface area contributed by atoms with Crippen molar-refractivity contribution in [1.29, 1.82) is 0 Å². The molecule has 3 aromatic heterocycles. The summed E-state index contributed by atoms with van der Waals surface area (Å²) in [6.07, 6.45) is 3.31. The summed E-state index contributed by atoms with van der Waals surface area (Å²) >= 11 is 0. The summed E-state index contributed by atoms with van der Waals surface area (Å²) < 4.78 is 12.6. The summed E-state index contributed by atoms with van der Waals surface area (Å²) in [4.78, 5) is 6.53. The lowest BCUT2D eigenvalue weighted by molar-refractivity contribution is 0.139. The first-order valence-corrected chi connectivity index (χ1v) is 6.25. The van der Waals surface area contributed by atoms with E-state index in [1.807, 2.05) is 11.6 Å². The fourth-order valence-corrected chi connectivity index (χ4v) is 2.36. The van der Waals surface area contributed by atoms with Crippen LogP contribution in [0.5, 0.6) is 0 Å². The van der Waals surface area contributed by atoms with Gasteiger partial charge in [-0.1, -0.05) is 5.16 Å². The van der Waals surface area contributed by atoms with E-state index in [-0.39, 0.29) is 6.04 Å². The number of rotatable bonds is 2. The molecule has 1 aliphatic heterocycles. The number of fused-ring (bicyclic) bond motifs is 1. The van der Waals surface area contributed by atoms with Crippen molar-refractivity contribution in [2.24, 2.45) is 0 Å². The Bertz CT molecular complexity index is 716. The summed E-state index contributed by atoms with van der Waals surface area (Å²) in [5, 5.41) is 12.0. The predicted molar refractivity (Wildman–Crippen MR) is 66.2 cm³/mol. The van der Waals surface area contributed by atoms with Crippen molar-refractivity contribution in [3.05, 3.63) is 36.4 Å². The monoisotopic (exact) mass is 272 g/mol. The highest BCUT2D eigenvalue weighted by atomic mass is 16.5. The van der Waals surface area contributed by atoms with Crippen LogP contribution in [0.3, 0.4) is 0 Å². The van der Waals surface area contributed by atoms with E-state index in [0.29, 0.717) is 30.6 Å². The van der Waals surface area contributed by atoms with Crippen LogP contribution in [0.25, 0.3) is 11.6 Å². The van der Waals surface area contributed by atoms with E-state index in [0.717, 1.165) is 5.82 Å². The molecule has 3 aromatic rings. The molecule has 4 heterocycles. The Morgan fingerprint density at radius 3 is 3.20 bits per heavy atom. The second-order valence-electron chi connectivity index (χ2n) is 4.76. The first kappa shape index (κ1) is 11.4. The van der Waals surface area contributed by atoms with E-state index in [1.54, 1.807) is 24.7 Å². The van der Waals surface area contributed by atoms with E-state index in [1.165, 1.54) is 0 Å². The smallest absolute Gasteiger partial charge is 0.246 e. The van der Waals surface area contributed by atoms with Gasteiger partial charge in [-0.15, -0.1) is 10.2 Å². The minimum atomic E-state index is 0.00899. The minimum Gasteiger partial charge on any atom is -0.461 e. The molecule has 1 atom stereocenters. The van der Waals surface area contributed by atoms with Gasteiger partial charge in [-0.05, 0) is 19.2 Å². The van der Waals surface area contributed by atoms with Gasteiger partial charge in [-0.3, -0.25) is 4.90 Å². The molecule has 4 rings (SSSR count). The average molecular weight is 272 g/mol. The van der Waals surface area contributed by atoms with Gasteiger partial charge in [0.05, 0.1) is 12.8 Å². The van der Waals surface area contributed by atoms with Crippen molar-refractivity contribution < 1.29 is 8.94 Å². The lowest BCUT2D eigenvalue weighted by Gasteiger charge is -2.29. The maximum atomic E-state index is 5.37. The van der Waals surface area contributed by atoms with Gasteiger partial charge in [0, 0.05) is 6.54 Å². The zero-order valence-corrected chi connectivity index (χ0v) is 10.8. The maximum absolute atomic E-state index is 5.37. The van der Waals surface area contributed by atoms with Crippen LogP contribution in [0, 0.1) is 0 Å². The van der Waals surface area contributed by atoms with Gasteiger partial charge in [0.1, 0.15) is 18.2 Å². The third-order valence-electron chi connectivity index (χ3n) is 3.46. The van der Waals surface area contributed by atoms with Crippen LogP contribution in [0.4, 0.5) is 0 Å². The van der Waals surface area contributed by atoms with E-state index in [4.69, 9.17) is 8.94 Å². The van der Waals surface area contributed by atoms with Crippen LogP contribution in [-0.4, -0.2) is 36.9 Å². The van der Waals surface area contributed by atoms with E-state index < -0.39 is 0 Å². The fourth-order valence-electron chi connectivity index (χ4n) is 2.36. The fraction of sp³-hybridized carbons (Fsp3) is 0.333. The lowest BCUT2D eigenvalue weighted by atomic mass is 10.2. The first-order chi connectivity index (χ1) is 9.81. The SMILES string of the molecule is CN1Cc2nncn2CC1c1nc(-c2ccco2)no1. The van der Waals surface area contributed by atoms with Gasteiger partial charge in [-0.2, -0.15) is 4.98 Å². The number of furan rings is 1. The standard InChI is InChI=1S/C12H12N6O2/c1-17-6-10-15-13-7-18(10)5-8(17)12-14-11(16-20-12)9-3-2-4-19-9/h2-4,7-8H,5-6H2,1H3. The third-order valence-corrected chi connectivity index (χ3v) is 3.46. The number of hydrogen-bond donors (Lipinski definition) is 0. The Morgan fingerprint density at radius 2 is 2.35 bits per heavy atom. The Hall–Kier alpha value is -2.48. The average Bonchev–Trinajstić information content (AvgIpc) is 3.18. The first-order valence-electron chi connectivity index (χ1n) is 6.25. The van der Waals surface area contributed by atoms with E-state index in [2.05, 4.69) is 25.2 Å². The van der Waals surface area contributed by atoms with Crippen molar-refractivity contribution >= 4 is 0 Å². The zero-order valence-electron chi connectivity index (χ0n) is 10.8. The van der Waals surface area contributed by atoms with Gasteiger partial charge >= 0.3 is 0 Å². The van der Waals surface area contributed by atoms with Crippen LogP contribution in [0.1, 0.15) is 17.8 Å². The second kappa shape index (κ2) is 4.27. The number of nitrogens with zero attached hydrogens (tertiary/aromatic N) is 6. The van der Waals surface area contributed by atoms with Gasteiger partial charge in [0.15, 0.2) is 5.76 Å². The van der Waals surface area contributed by atoms with Crippen LogP contribution < -0.4 is 0 Å². The molecule has 1 aliphatic rings. The molecule has 1 unspecified atom stereocenters. The molecule has 0 saturated carbocycles.